The first kappa shape index (κ1) is 25.5. The zero-order valence-corrected chi connectivity index (χ0v) is 21.9. The number of methoxy groups -OCH3 is 2. The van der Waals surface area contributed by atoms with Crippen LogP contribution in [0.2, 0.25) is 0 Å². The van der Waals surface area contributed by atoms with E-state index >= 15 is 0 Å². The summed E-state index contributed by atoms with van der Waals surface area (Å²) in [6.45, 7) is 8.25. The van der Waals surface area contributed by atoms with Gasteiger partial charge in [0.05, 0.1) is 26.4 Å². The lowest BCUT2D eigenvalue weighted by atomic mass is 9.71. The molecule has 6 heteroatoms. The van der Waals surface area contributed by atoms with Crippen LogP contribution in [0.4, 0.5) is 0 Å². The van der Waals surface area contributed by atoms with E-state index in [0.717, 1.165) is 28.1 Å². The van der Waals surface area contributed by atoms with Gasteiger partial charge in [0.1, 0.15) is 0 Å². The summed E-state index contributed by atoms with van der Waals surface area (Å²) >= 11 is 0. The highest BCUT2D eigenvalue weighted by Crippen LogP contribution is 2.47. The molecule has 0 amide bonds. The van der Waals surface area contributed by atoms with Crippen LogP contribution >= 0.6 is 0 Å². The van der Waals surface area contributed by atoms with E-state index in [4.69, 9.17) is 14.2 Å². The van der Waals surface area contributed by atoms with Crippen molar-refractivity contribution in [3.05, 3.63) is 81.7 Å². The quantitative estimate of drug-likeness (QED) is 0.513. The Labute approximate surface area is 213 Å². The van der Waals surface area contributed by atoms with Crippen molar-refractivity contribution in [3.8, 4) is 11.5 Å². The summed E-state index contributed by atoms with van der Waals surface area (Å²) in [7, 11) is 3.22. The third kappa shape index (κ3) is 4.90. The molecule has 2 aliphatic rings. The highest BCUT2D eigenvalue weighted by atomic mass is 16.5. The van der Waals surface area contributed by atoms with Crippen LogP contribution in [0.1, 0.15) is 62.1 Å². The van der Waals surface area contributed by atoms with Gasteiger partial charge in [-0.3, -0.25) is 4.79 Å². The normalized spacial score (nSPS) is 19.7. The van der Waals surface area contributed by atoms with Crippen LogP contribution in [0.5, 0.6) is 11.5 Å². The fraction of sp³-hybridized carbons (Fsp3) is 0.400. The van der Waals surface area contributed by atoms with Gasteiger partial charge in [0.15, 0.2) is 17.3 Å². The van der Waals surface area contributed by atoms with Gasteiger partial charge >= 0.3 is 5.97 Å². The largest absolute Gasteiger partial charge is 0.493 e. The number of aryl methyl sites for hydroxylation is 1. The first-order valence-electron chi connectivity index (χ1n) is 12.4. The number of hydrogen-bond donors (Lipinski definition) is 1. The fourth-order valence-electron chi connectivity index (χ4n) is 5.19. The lowest BCUT2D eigenvalue weighted by Crippen LogP contribution is -2.36. The number of nitrogens with one attached hydrogen (secondary N) is 1. The Morgan fingerprint density at radius 3 is 2.42 bits per heavy atom. The Morgan fingerprint density at radius 1 is 1.03 bits per heavy atom. The molecule has 2 aromatic rings. The molecule has 6 nitrogen and oxygen atoms in total. The maximum Gasteiger partial charge on any atom is 0.336 e. The number of carbonyl (C=O) groups is 2. The van der Waals surface area contributed by atoms with E-state index in [1.54, 1.807) is 14.2 Å². The second-order valence-corrected chi connectivity index (χ2v) is 9.98. The van der Waals surface area contributed by atoms with Gasteiger partial charge in [-0.25, -0.2) is 4.79 Å². The van der Waals surface area contributed by atoms with E-state index in [0.29, 0.717) is 42.1 Å². The topological polar surface area (TPSA) is 73.9 Å². The van der Waals surface area contributed by atoms with Gasteiger partial charge in [0.2, 0.25) is 0 Å². The van der Waals surface area contributed by atoms with Gasteiger partial charge in [-0.05, 0) is 60.9 Å². The average Bonchev–Trinajstić information content (AvgIpc) is 2.86. The highest BCUT2D eigenvalue weighted by Gasteiger charge is 2.42. The fourth-order valence-corrected chi connectivity index (χ4v) is 5.19. The first-order chi connectivity index (χ1) is 17.2. The molecule has 0 saturated carbocycles. The maximum absolute atomic E-state index is 13.8. The van der Waals surface area contributed by atoms with E-state index in [1.165, 1.54) is 0 Å². The molecular weight excluding hydrogens is 454 g/mol. The molecule has 0 saturated heterocycles. The predicted octanol–water partition coefficient (Wildman–Crippen LogP) is 5.57. The van der Waals surface area contributed by atoms with Gasteiger partial charge in [0, 0.05) is 29.3 Å². The van der Waals surface area contributed by atoms with Crippen molar-refractivity contribution in [1.29, 1.82) is 0 Å². The zero-order valence-electron chi connectivity index (χ0n) is 21.9. The average molecular weight is 490 g/mol. The lowest BCUT2D eigenvalue weighted by molar-refractivity contribution is -0.140. The number of Topliss-reactive ketones (excluding diaryl/α,β-unsaturated/α-hetero) is 1. The van der Waals surface area contributed by atoms with Crippen molar-refractivity contribution in [1.82, 2.24) is 5.32 Å². The van der Waals surface area contributed by atoms with E-state index in [1.807, 2.05) is 70.2 Å². The first-order valence-corrected chi connectivity index (χ1v) is 12.4. The Balaban J connectivity index is 1.76. The van der Waals surface area contributed by atoms with Crippen LogP contribution in [0.25, 0.3) is 0 Å². The van der Waals surface area contributed by atoms with E-state index in [-0.39, 0.29) is 23.6 Å². The summed E-state index contributed by atoms with van der Waals surface area (Å²) in [6.07, 6.45) is 1.01. The van der Waals surface area contributed by atoms with Crippen LogP contribution in [0.15, 0.2) is 65.0 Å². The Hall–Kier alpha value is -3.54. The number of rotatable bonds is 7. The molecular formula is C30H35NO5. The molecule has 4 rings (SSSR count). The summed E-state index contributed by atoms with van der Waals surface area (Å²) < 4.78 is 16.5. The molecule has 1 aliphatic heterocycles. The van der Waals surface area contributed by atoms with Crippen molar-refractivity contribution in [2.24, 2.45) is 5.92 Å². The molecule has 0 unspecified atom stereocenters. The van der Waals surface area contributed by atoms with Crippen LogP contribution in [0, 0.1) is 12.8 Å². The SMILES string of the molecule is COc1ccc([C@@H]2CC(=O)C3=C(C2)NC(C)=C(C(=O)OCC(C)C)[C@@H]3c2ccccc2C)cc1OC. The number of allylic oxidation sites excluding steroid dienone is 3. The summed E-state index contributed by atoms with van der Waals surface area (Å²) in [4.78, 5) is 27.1. The number of esters is 1. The van der Waals surface area contributed by atoms with E-state index in [2.05, 4.69) is 5.32 Å². The molecule has 1 N–H and O–H groups in total. The van der Waals surface area contributed by atoms with Crippen molar-refractivity contribution >= 4 is 11.8 Å². The summed E-state index contributed by atoms with van der Waals surface area (Å²) in [5.74, 6) is 0.715. The molecule has 0 spiro atoms. The second-order valence-electron chi connectivity index (χ2n) is 9.98. The predicted molar refractivity (Wildman–Crippen MR) is 139 cm³/mol. The number of carbonyl (C=O) groups excluding carboxylic acids is 2. The van der Waals surface area contributed by atoms with Crippen molar-refractivity contribution in [3.63, 3.8) is 0 Å². The summed E-state index contributed by atoms with van der Waals surface area (Å²) in [6, 6.07) is 13.8. The van der Waals surface area contributed by atoms with Crippen molar-refractivity contribution in [2.75, 3.05) is 20.8 Å². The smallest absolute Gasteiger partial charge is 0.336 e. The molecule has 0 aromatic heterocycles. The Bertz CT molecular complexity index is 1240. The van der Waals surface area contributed by atoms with Crippen molar-refractivity contribution < 1.29 is 23.8 Å². The number of hydrogen-bond acceptors (Lipinski definition) is 6. The molecule has 2 atom stereocenters. The van der Waals surface area contributed by atoms with Gasteiger partial charge in [-0.15, -0.1) is 0 Å². The minimum atomic E-state index is -0.457. The lowest BCUT2D eigenvalue weighted by Gasteiger charge is -2.37. The molecule has 1 heterocycles. The number of benzene rings is 2. The van der Waals surface area contributed by atoms with Gasteiger partial charge in [-0.2, -0.15) is 0 Å². The zero-order chi connectivity index (χ0) is 26.0. The van der Waals surface area contributed by atoms with Crippen LogP contribution < -0.4 is 14.8 Å². The van der Waals surface area contributed by atoms with Gasteiger partial charge < -0.3 is 19.5 Å². The minimum Gasteiger partial charge on any atom is -0.493 e. The number of ketones is 1. The molecule has 190 valence electrons. The van der Waals surface area contributed by atoms with E-state index in [9.17, 15) is 9.59 Å². The number of ether oxygens (including phenoxy) is 3. The number of dihydropyridines is 1. The van der Waals surface area contributed by atoms with E-state index < -0.39 is 5.92 Å². The molecule has 2 aromatic carbocycles. The molecule has 1 aliphatic carbocycles. The Morgan fingerprint density at radius 2 is 1.75 bits per heavy atom. The molecule has 0 radical (unpaired) electrons. The molecule has 0 fully saturated rings. The Kier molecular flexibility index (Phi) is 7.53. The molecule has 36 heavy (non-hydrogen) atoms. The third-order valence-electron chi connectivity index (χ3n) is 6.97. The van der Waals surface area contributed by atoms with Crippen LogP contribution in [-0.4, -0.2) is 32.6 Å². The van der Waals surface area contributed by atoms with Gasteiger partial charge in [-0.1, -0.05) is 44.2 Å². The monoisotopic (exact) mass is 489 g/mol. The minimum absolute atomic E-state index is 0.0108. The van der Waals surface area contributed by atoms with Crippen LogP contribution in [-0.2, 0) is 14.3 Å². The van der Waals surface area contributed by atoms with Crippen molar-refractivity contribution in [2.45, 2.75) is 52.4 Å². The maximum atomic E-state index is 13.8. The highest BCUT2D eigenvalue weighted by molar-refractivity contribution is 6.04. The third-order valence-corrected chi connectivity index (χ3v) is 6.97. The summed E-state index contributed by atoms with van der Waals surface area (Å²) in [5.41, 5.74) is 5.80. The van der Waals surface area contributed by atoms with Gasteiger partial charge in [0.25, 0.3) is 0 Å². The standard InChI is InChI=1S/C30H35NO5/c1-17(2)16-36-30(33)27-19(4)31-23-13-21(20-11-12-25(34-5)26(15-20)35-6)14-24(32)29(23)28(27)22-10-8-7-9-18(22)3/h7-12,15,17,21,28,31H,13-14,16H2,1-6H3/t21-,28-/m0/s1. The second kappa shape index (κ2) is 10.6. The van der Waals surface area contributed by atoms with Crippen LogP contribution in [0.3, 0.4) is 0 Å². The molecule has 0 bridgehead atoms. The summed E-state index contributed by atoms with van der Waals surface area (Å²) in [5, 5.41) is 3.42.